The third-order valence-electron chi connectivity index (χ3n) is 4.02. The molecule has 5 nitrogen and oxygen atoms in total. The number of nitrogens with two attached hydrogens (primary N) is 1. The Balaban J connectivity index is 2.10. The molecule has 0 spiro atoms. The van der Waals surface area contributed by atoms with E-state index in [0.29, 0.717) is 28.4 Å². The first-order valence-electron chi connectivity index (χ1n) is 7.64. The van der Waals surface area contributed by atoms with Crippen LogP contribution < -0.4 is 16.4 Å². The molecule has 0 saturated heterocycles. The van der Waals surface area contributed by atoms with Gasteiger partial charge in [-0.3, -0.25) is 9.59 Å². The predicted molar refractivity (Wildman–Crippen MR) is 105 cm³/mol. The summed E-state index contributed by atoms with van der Waals surface area (Å²) in [6, 6.07) is 4.74. The SMILES string of the molecule is CC1(C)CNC(=O)c2sc(Nc3ccc(I)cc3F)c(C(N)=O)c2C1. The highest BCUT2D eigenvalue weighted by Gasteiger charge is 2.34. The number of amides is 2. The van der Waals surface area contributed by atoms with Gasteiger partial charge in [0, 0.05) is 10.1 Å². The molecule has 1 aromatic heterocycles. The number of hydrogen-bond donors (Lipinski definition) is 3. The number of hydrogen-bond acceptors (Lipinski definition) is 4. The molecule has 2 heterocycles. The summed E-state index contributed by atoms with van der Waals surface area (Å²) in [6.45, 7) is 4.54. The lowest BCUT2D eigenvalue weighted by Crippen LogP contribution is -2.31. The Kier molecular flexibility index (Phi) is 4.76. The Bertz CT molecular complexity index is 879. The Morgan fingerprint density at radius 1 is 1.44 bits per heavy atom. The zero-order valence-corrected chi connectivity index (χ0v) is 16.7. The average Bonchev–Trinajstić information content (AvgIpc) is 2.80. The molecule has 25 heavy (non-hydrogen) atoms. The van der Waals surface area contributed by atoms with Crippen LogP contribution in [0.15, 0.2) is 18.2 Å². The molecule has 1 aromatic carbocycles. The number of carbonyl (C=O) groups excluding carboxylic acids is 2. The topological polar surface area (TPSA) is 84.2 Å². The van der Waals surface area contributed by atoms with E-state index < -0.39 is 11.7 Å². The molecule has 8 heteroatoms. The minimum Gasteiger partial charge on any atom is -0.365 e. The van der Waals surface area contributed by atoms with E-state index in [4.69, 9.17) is 5.73 Å². The van der Waals surface area contributed by atoms with Crippen LogP contribution in [0.5, 0.6) is 0 Å². The van der Waals surface area contributed by atoms with E-state index in [1.54, 1.807) is 12.1 Å². The van der Waals surface area contributed by atoms with E-state index in [0.717, 1.165) is 14.9 Å². The molecule has 3 rings (SSSR count). The first-order chi connectivity index (χ1) is 11.7. The molecule has 0 unspecified atom stereocenters. The summed E-state index contributed by atoms with van der Waals surface area (Å²) in [5.41, 5.74) is 6.51. The van der Waals surface area contributed by atoms with Crippen LogP contribution in [0.3, 0.4) is 0 Å². The maximum Gasteiger partial charge on any atom is 0.261 e. The predicted octanol–water partition coefficient (Wildman–Crippen LogP) is 3.65. The Labute approximate surface area is 162 Å². The van der Waals surface area contributed by atoms with Crippen molar-refractivity contribution in [2.24, 2.45) is 11.1 Å². The third-order valence-corrected chi connectivity index (χ3v) is 5.84. The van der Waals surface area contributed by atoms with Crippen molar-refractivity contribution in [3.63, 3.8) is 0 Å². The van der Waals surface area contributed by atoms with Gasteiger partial charge in [0.15, 0.2) is 0 Å². The molecular formula is C17H17FIN3O2S. The maximum atomic E-state index is 14.2. The van der Waals surface area contributed by atoms with Gasteiger partial charge in [-0.25, -0.2) is 4.39 Å². The fourth-order valence-electron chi connectivity index (χ4n) is 2.82. The zero-order chi connectivity index (χ0) is 18.4. The molecule has 132 valence electrons. The van der Waals surface area contributed by atoms with Gasteiger partial charge in [-0.15, -0.1) is 11.3 Å². The van der Waals surface area contributed by atoms with Gasteiger partial charge in [-0.05, 0) is 58.2 Å². The number of benzene rings is 1. The summed E-state index contributed by atoms with van der Waals surface area (Å²) in [4.78, 5) is 24.9. The highest BCUT2D eigenvalue weighted by atomic mass is 127. The van der Waals surface area contributed by atoms with Crippen LogP contribution in [0.2, 0.25) is 0 Å². The van der Waals surface area contributed by atoms with Crippen LogP contribution in [-0.4, -0.2) is 18.4 Å². The number of nitrogens with one attached hydrogen (secondary N) is 2. The smallest absolute Gasteiger partial charge is 0.261 e. The highest BCUT2D eigenvalue weighted by molar-refractivity contribution is 14.1. The number of thiophene rings is 1. The van der Waals surface area contributed by atoms with E-state index in [1.165, 1.54) is 6.07 Å². The second kappa shape index (κ2) is 6.56. The lowest BCUT2D eigenvalue weighted by atomic mass is 9.85. The van der Waals surface area contributed by atoms with Gasteiger partial charge in [0.05, 0.1) is 16.1 Å². The summed E-state index contributed by atoms with van der Waals surface area (Å²) < 4.78 is 14.9. The molecule has 0 atom stereocenters. The summed E-state index contributed by atoms with van der Waals surface area (Å²) >= 11 is 3.15. The lowest BCUT2D eigenvalue weighted by molar-refractivity contribution is 0.0948. The van der Waals surface area contributed by atoms with Gasteiger partial charge in [-0.1, -0.05) is 13.8 Å². The van der Waals surface area contributed by atoms with Gasteiger partial charge in [-0.2, -0.15) is 0 Å². The fourth-order valence-corrected chi connectivity index (χ4v) is 4.43. The number of rotatable bonds is 3. The molecule has 0 saturated carbocycles. The molecule has 1 aliphatic heterocycles. The van der Waals surface area contributed by atoms with Crippen molar-refractivity contribution in [1.82, 2.24) is 5.32 Å². The number of fused-ring (bicyclic) bond motifs is 1. The van der Waals surface area contributed by atoms with E-state index in [1.807, 2.05) is 36.4 Å². The molecule has 0 radical (unpaired) electrons. The van der Waals surface area contributed by atoms with E-state index in [2.05, 4.69) is 10.6 Å². The minimum absolute atomic E-state index is 0.211. The van der Waals surface area contributed by atoms with E-state index in [9.17, 15) is 14.0 Å². The average molecular weight is 473 g/mol. The van der Waals surface area contributed by atoms with Crippen molar-refractivity contribution in [1.29, 1.82) is 0 Å². The second-order valence-corrected chi connectivity index (χ2v) is 9.02. The van der Waals surface area contributed by atoms with Crippen molar-refractivity contribution in [3.8, 4) is 0 Å². The Morgan fingerprint density at radius 2 is 2.16 bits per heavy atom. The molecule has 4 N–H and O–H groups in total. The molecule has 0 fully saturated rings. The second-order valence-electron chi connectivity index (χ2n) is 6.75. The molecule has 2 aromatic rings. The molecular weight excluding hydrogens is 456 g/mol. The quantitative estimate of drug-likeness (QED) is 0.596. The summed E-state index contributed by atoms with van der Waals surface area (Å²) in [5, 5.41) is 6.20. The van der Waals surface area contributed by atoms with Gasteiger partial charge >= 0.3 is 0 Å². The first kappa shape index (κ1) is 18.1. The van der Waals surface area contributed by atoms with Gasteiger partial charge < -0.3 is 16.4 Å². The molecule has 1 aliphatic rings. The van der Waals surface area contributed by atoms with Crippen LogP contribution in [0.1, 0.15) is 39.4 Å². The van der Waals surface area contributed by atoms with Crippen molar-refractivity contribution in [2.75, 3.05) is 11.9 Å². The van der Waals surface area contributed by atoms with Crippen LogP contribution >= 0.6 is 33.9 Å². The van der Waals surface area contributed by atoms with E-state index >= 15 is 0 Å². The van der Waals surface area contributed by atoms with Crippen LogP contribution in [0.25, 0.3) is 0 Å². The van der Waals surface area contributed by atoms with Gasteiger partial charge in [0.1, 0.15) is 10.8 Å². The monoisotopic (exact) mass is 473 g/mol. The summed E-state index contributed by atoms with van der Waals surface area (Å²) in [7, 11) is 0. The molecule has 0 aliphatic carbocycles. The Hall–Kier alpha value is -1.68. The van der Waals surface area contributed by atoms with Crippen molar-refractivity contribution in [2.45, 2.75) is 20.3 Å². The number of carbonyl (C=O) groups is 2. The minimum atomic E-state index is -0.628. The molecule has 2 amide bonds. The standard InChI is InChI=1S/C17H17FIN3O2S/c1-17(2)6-9-12(14(20)23)16(25-13(9)15(24)21-7-17)22-11-4-3-8(19)5-10(11)18/h3-5,22H,6-7H2,1-2H3,(H2,20,23)(H,21,24). The largest absolute Gasteiger partial charge is 0.365 e. The third kappa shape index (κ3) is 3.64. The Morgan fingerprint density at radius 3 is 2.80 bits per heavy atom. The first-order valence-corrected chi connectivity index (χ1v) is 9.53. The summed E-state index contributed by atoms with van der Waals surface area (Å²) in [6.07, 6.45) is 0.534. The zero-order valence-electron chi connectivity index (χ0n) is 13.7. The number of primary amides is 1. The fraction of sp³-hybridized carbons (Fsp3) is 0.294. The maximum absolute atomic E-state index is 14.2. The summed E-state index contributed by atoms with van der Waals surface area (Å²) in [5.74, 6) is -1.30. The van der Waals surface area contributed by atoms with Crippen molar-refractivity contribution < 1.29 is 14.0 Å². The van der Waals surface area contributed by atoms with Crippen molar-refractivity contribution >= 4 is 56.4 Å². The lowest BCUT2D eigenvalue weighted by Gasteiger charge is -2.22. The normalized spacial score (nSPS) is 15.9. The van der Waals surface area contributed by atoms with Crippen LogP contribution in [0.4, 0.5) is 15.1 Å². The van der Waals surface area contributed by atoms with Crippen LogP contribution in [-0.2, 0) is 6.42 Å². The molecule has 0 bridgehead atoms. The van der Waals surface area contributed by atoms with E-state index in [-0.39, 0.29) is 22.6 Å². The number of anilines is 2. The highest BCUT2D eigenvalue weighted by Crippen LogP contribution is 2.40. The van der Waals surface area contributed by atoms with Gasteiger partial charge in [0.25, 0.3) is 11.8 Å². The van der Waals surface area contributed by atoms with Gasteiger partial charge in [0.2, 0.25) is 0 Å². The number of halogens is 2. The van der Waals surface area contributed by atoms with Crippen molar-refractivity contribution in [3.05, 3.63) is 43.6 Å². The van der Waals surface area contributed by atoms with Crippen LogP contribution in [0, 0.1) is 14.8 Å².